The molecule has 0 aliphatic rings. The lowest BCUT2D eigenvalue weighted by molar-refractivity contribution is -0.149. The Morgan fingerprint density at radius 1 is 0.645 bits per heavy atom. The molecule has 1 aromatic carbocycles. The summed E-state index contributed by atoms with van der Waals surface area (Å²) in [5.41, 5.74) is 0.284. The Hall–Kier alpha value is -2.17. The van der Waals surface area contributed by atoms with E-state index >= 15 is 0 Å². The maximum absolute atomic E-state index is 11.8. The third kappa shape index (κ3) is 14.5. The summed E-state index contributed by atoms with van der Waals surface area (Å²) in [4.78, 5) is 35.2. The summed E-state index contributed by atoms with van der Waals surface area (Å²) < 4.78 is 9.92. The van der Waals surface area contributed by atoms with Crippen molar-refractivity contribution in [2.24, 2.45) is 0 Å². The molecule has 0 aliphatic heterocycles. The van der Waals surface area contributed by atoms with Crippen LogP contribution in [0.25, 0.3) is 0 Å². The fraction of sp³-hybridized carbons (Fsp3) is 0.654. The minimum absolute atomic E-state index is 0.0227. The van der Waals surface area contributed by atoms with Crippen LogP contribution >= 0.6 is 0 Å². The van der Waals surface area contributed by atoms with Crippen molar-refractivity contribution in [3.63, 3.8) is 0 Å². The van der Waals surface area contributed by atoms with Gasteiger partial charge in [-0.1, -0.05) is 114 Å². The lowest BCUT2D eigenvalue weighted by Crippen LogP contribution is -2.20. The van der Waals surface area contributed by atoms with Gasteiger partial charge in [-0.05, 0) is 6.42 Å². The second-order valence-corrected chi connectivity index (χ2v) is 8.04. The molecular weight excluding hydrogens is 392 g/mol. The summed E-state index contributed by atoms with van der Waals surface area (Å²) in [6, 6.07) is 8.23. The molecule has 31 heavy (non-hydrogen) atoms. The third-order valence-corrected chi connectivity index (χ3v) is 5.29. The van der Waals surface area contributed by atoms with Crippen molar-refractivity contribution in [2.75, 3.05) is 13.2 Å². The Labute approximate surface area is 187 Å². The minimum Gasteiger partial charge on any atom is -0.462 e. The molecule has 0 atom stereocenters. The van der Waals surface area contributed by atoms with Crippen molar-refractivity contribution in [2.45, 2.75) is 96.8 Å². The van der Waals surface area contributed by atoms with E-state index in [2.05, 4.69) is 6.92 Å². The summed E-state index contributed by atoms with van der Waals surface area (Å²) in [6.45, 7) is 2.12. The zero-order chi connectivity index (χ0) is 22.6. The van der Waals surface area contributed by atoms with E-state index in [9.17, 15) is 14.4 Å². The smallest absolute Gasteiger partial charge is 0.379 e. The number of ketones is 1. The summed E-state index contributed by atoms with van der Waals surface area (Å²) in [7, 11) is 0. The van der Waals surface area contributed by atoms with Gasteiger partial charge in [0.05, 0.1) is 0 Å². The van der Waals surface area contributed by atoms with Crippen LogP contribution in [0.3, 0.4) is 0 Å². The lowest BCUT2D eigenvalue weighted by atomic mass is 10.0. The number of hydrogen-bond acceptors (Lipinski definition) is 5. The zero-order valence-electron chi connectivity index (χ0n) is 19.2. The first-order valence-electron chi connectivity index (χ1n) is 12.1. The van der Waals surface area contributed by atoms with E-state index in [4.69, 9.17) is 9.47 Å². The fourth-order valence-corrected chi connectivity index (χ4v) is 3.42. The number of ether oxygens (including phenoxy) is 2. The molecule has 1 rings (SSSR count). The predicted molar refractivity (Wildman–Crippen MR) is 123 cm³/mol. The molecule has 0 N–H and O–H groups in total. The van der Waals surface area contributed by atoms with Gasteiger partial charge in [0.15, 0.2) is 0 Å². The molecule has 5 heteroatoms. The number of Topliss-reactive ketones (excluding diaryl/α,β-unsaturated/α-hetero) is 1. The van der Waals surface area contributed by atoms with Crippen LogP contribution in [0.2, 0.25) is 0 Å². The molecule has 0 bridgehead atoms. The fourth-order valence-electron chi connectivity index (χ4n) is 3.42. The average molecular weight is 433 g/mol. The number of carbonyl (C=O) groups excluding carboxylic acids is 3. The highest BCUT2D eigenvalue weighted by molar-refractivity contribution is 6.40. The summed E-state index contributed by atoms with van der Waals surface area (Å²) >= 11 is 0. The van der Waals surface area contributed by atoms with Crippen molar-refractivity contribution in [1.29, 1.82) is 0 Å². The van der Waals surface area contributed by atoms with Crippen LogP contribution in [0.1, 0.15) is 107 Å². The molecule has 1 aromatic rings. The van der Waals surface area contributed by atoms with Gasteiger partial charge in [-0.25, -0.2) is 4.79 Å². The molecule has 174 valence electrons. The molecule has 0 unspecified atom stereocenters. The molecule has 0 saturated heterocycles. The Morgan fingerprint density at radius 3 is 1.68 bits per heavy atom. The van der Waals surface area contributed by atoms with E-state index in [1.54, 1.807) is 30.3 Å². The molecule has 0 saturated carbocycles. The van der Waals surface area contributed by atoms with Gasteiger partial charge in [0, 0.05) is 12.0 Å². The highest BCUT2D eigenvalue weighted by atomic mass is 16.6. The molecule has 0 heterocycles. The van der Waals surface area contributed by atoms with Crippen molar-refractivity contribution < 1.29 is 23.9 Å². The standard InChI is InChI=1S/C26H40O5/c1-2-3-4-5-6-7-8-9-10-11-12-13-17-20-24(27)30-21-22-31-26(29)25(28)23-18-15-14-16-19-23/h14-16,18-19H,2-13,17,20-22H2,1H3. The zero-order valence-corrected chi connectivity index (χ0v) is 19.2. The summed E-state index contributed by atoms with van der Waals surface area (Å²) in [5.74, 6) is -1.91. The largest absolute Gasteiger partial charge is 0.462 e. The van der Waals surface area contributed by atoms with E-state index in [0.717, 1.165) is 19.3 Å². The van der Waals surface area contributed by atoms with E-state index in [1.807, 2.05) is 0 Å². The molecule has 0 amide bonds. The maximum Gasteiger partial charge on any atom is 0.379 e. The Kier molecular flexibility index (Phi) is 16.1. The maximum atomic E-state index is 11.8. The topological polar surface area (TPSA) is 69.7 Å². The molecule has 0 fully saturated rings. The van der Waals surface area contributed by atoms with Gasteiger partial charge in [0.2, 0.25) is 0 Å². The van der Waals surface area contributed by atoms with E-state index in [0.29, 0.717) is 6.42 Å². The van der Waals surface area contributed by atoms with E-state index in [-0.39, 0.29) is 24.7 Å². The van der Waals surface area contributed by atoms with E-state index in [1.165, 1.54) is 64.2 Å². The molecule has 0 radical (unpaired) electrons. The van der Waals surface area contributed by atoms with Crippen LogP contribution in [0, 0.1) is 0 Å². The van der Waals surface area contributed by atoms with Gasteiger partial charge in [-0.3, -0.25) is 9.59 Å². The Bertz CT molecular complexity index is 611. The van der Waals surface area contributed by atoms with Gasteiger partial charge >= 0.3 is 11.9 Å². The first kappa shape index (κ1) is 26.9. The Morgan fingerprint density at radius 2 is 1.13 bits per heavy atom. The SMILES string of the molecule is CCCCCCCCCCCCCCCC(=O)OCCOC(=O)C(=O)c1ccccc1. The van der Waals surface area contributed by atoms with Gasteiger partial charge in [0.25, 0.3) is 5.78 Å². The van der Waals surface area contributed by atoms with Gasteiger partial charge in [-0.15, -0.1) is 0 Å². The first-order valence-corrected chi connectivity index (χ1v) is 12.1. The van der Waals surface area contributed by atoms with Crippen LogP contribution in [0.4, 0.5) is 0 Å². The van der Waals surface area contributed by atoms with Crippen molar-refractivity contribution in [1.82, 2.24) is 0 Å². The monoisotopic (exact) mass is 432 g/mol. The number of carbonyl (C=O) groups is 3. The molecule has 5 nitrogen and oxygen atoms in total. The third-order valence-electron chi connectivity index (χ3n) is 5.29. The second kappa shape index (κ2) is 18.6. The van der Waals surface area contributed by atoms with Crippen molar-refractivity contribution >= 4 is 17.7 Å². The first-order chi connectivity index (χ1) is 15.1. The lowest BCUT2D eigenvalue weighted by Gasteiger charge is -2.06. The van der Waals surface area contributed by atoms with Gasteiger partial charge in [0.1, 0.15) is 13.2 Å². The number of esters is 2. The molecule has 0 spiro atoms. The van der Waals surface area contributed by atoms with Crippen LogP contribution in [0.5, 0.6) is 0 Å². The molecule has 0 aliphatic carbocycles. The highest BCUT2D eigenvalue weighted by Crippen LogP contribution is 2.13. The van der Waals surface area contributed by atoms with Crippen LogP contribution in [-0.4, -0.2) is 30.9 Å². The normalized spacial score (nSPS) is 10.6. The molecule has 0 aromatic heterocycles. The Balaban J connectivity index is 1.88. The number of unbranched alkanes of at least 4 members (excludes halogenated alkanes) is 12. The quantitative estimate of drug-likeness (QED) is 0.109. The summed E-state index contributed by atoms with van der Waals surface area (Å²) in [5, 5.41) is 0. The second-order valence-electron chi connectivity index (χ2n) is 8.04. The predicted octanol–water partition coefficient (Wildman–Crippen LogP) is 6.44. The minimum atomic E-state index is -0.932. The summed E-state index contributed by atoms with van der Waals surface area (Å²) in [6.07, 6.45) is 16.8. The van der Waals surface area contributed by atoms with Crippen molar-refractivity contribution in [3.05, 3.63) is 35.9 Å². The van der Waals surface area contributed by atoms with Gasteiger partial charge < -0.3 is 9.47 Å². The average Bonchev–Trinajstić information content (AvgIpc) is 2.79. The number of rotatable bonds is 19. The van der Waals surface area contributed by atoms with Crippen LogP contribution < -0.4 is 0 Å². The highest BCUT2D eigenvalue weighted by Gasteiger charge is 2.17. The number of hydrogen-bond donors (Lipinski definition) is 0. The van der Waals surface area contributed by atoms with E-state index < -0.39 is 11.8 Å². The van der Waals surface area contributed by atoms with Crippen molar-refractivity contribution in [3.8, 4) is 0 Å². The van der Waals surface area contributed by atoms with Gasteiger partial charge in [-0.2, -0.15) is 0 Å². The van der Waals surface area contributed by atoms with Crippen LogP contribution in [0.15, 0.2) is 30.3 Å². The van der Waals surface area contributed by atoms with Crippen LogP contribution in [-0.2, 0) is 19.1 Å². The number of benzene rings is 1. The molecular formula is C26H40O5.